The Labute approximate surface area is 642 Å². The van der Waals surface area contributed by atoms with Gasteiger partial charge in [-0.05, 0) is 153 Å². The van der Waals surface area contributed by atoms with Gasteiger partial charge >= 0.3 is 12.4 Å². The Bertz CT molecular complexity index is 3200. The van der Waals surface area contributed by atoms with Crippen molar-refractivity contribution in [2.24, 2.45) is 35.5 Å². The number of aliphatic hydroxyl groups excluding tert-OH is 1. The maximum absolute atomic E-state index is 15.7. The van der Waals surface area contributed by atoms with Crippen molar-refractivity contribution in [2.45, 2.75) is 286 Å². The molecule has 3 heterocycles. The van der Waals surface area contributed by atoms with E-state index in [-0.39, 0.29) is 103 Å². The Morgan fingerprint density at radius 1 is 0.673 bits per heavy atom. The number of amides is 11. The third-order valence-electron chi connectivity index (χ3n) is 24.7. The lowest BCUT2D eigenvalue weighted by molar-refractivity contribution is -0.219. The first-order valence-electron chi connectivity index (χ1n) is 39.9. The van der Waals surface area contributed by atoms with Crippen LogP contribution in [0.5, 0.6) is 0 Å². The number of carbonyl (C=O) groups is 11. The lowest BCUT2D eigenvalue weighted by Gasteiger charge is -2.48. The number of likely N-dealkylation sites (N-methyl/N-ethyl adjacent to an activating group) is 7. The fraction of sp³-hybridized carbons (Fsp3) is 0.831. The summed E-state index contributed by atoms with van der Waals surface area (Å²) in [5.41, 5.74) is -1.59. The van der Waals surface area contributed by atoms with Crippen LogP contribution in [0.25, 0.3) is 0 Å². The second-order valence-corrected chi connectivity index (χ2v) is 32.3. The molecule has 2 saturated heterocycles. The van der Waals surface area contributed by atoms with Crippen molar-refractivity contribution >= 4 is 65.0 Å². The van der Waals surface area contributed by atoms with Crippen LogP contribution in [0.3, 0.4) is 0 Å². The molecule has 1 spiro atoms. The molecule has 0 aromatic carbocycles. The average Bonchev–Trinajstić information content (AvgIpc) is 1.21. The first-order chi connectivity index (χ1) is 51.7. The number of carbonyl (C=O) groups excluding carboxylic acids is 11. The van der Waals surface area contributed by atoms with E-state index in [1.54, 1.807) is 32.9 Å². The summed E-state index contributed by atoms with van der Waals surface area (Å²) in [6.45, 7) is 7.37. The summed E-state index contributed by atoms with van der Waals surface area (Å²) in [5, 5.41) is 21.3. The number of hydrogen-bond donors (Lipinski definition) is 4. The fourth-order valence-electron chi connectivity index (χ4n) is 17.6. The molecule has 0 aromatic heterocycles. The number of unbranched alkanes of at least 4 members (excludes halogenated alkanes) is 1. The van der Waals surface area contributed by atoms with Crippen LogP contribution in [-0.4, -0.2) is 294 Å². The summed E-state index contributed by atoms with van der Waals surface area (Å²) in [6, 6.07) is -11.0. The maximum Gasteiger partial charge on any atom is 0.397 e. The minimum absolute atomic E-state index is 0.00222. The molecule has 110 heavy (non-hydrogen) atoms. The Morgan fingerprint density at radius 3 is 1.88 bits per heavy atom. The predicted molar refractivity (Wildman–Crippen MR) is 391 cm³/mol. The Hall–Kier alpha value is -6.77. The molecular weight excluding hydrogens is 1450 g/mol. The zero-order valence-corrected chi connectivity index (χ0v) is 66.4. The van der Waals surface area contributed by atoms with E-state index in [9.17, 15) is 55.4 Å². The number of alkyl halides is 8. The van der Waals surface area contributed by atoms with Gasteiger partial charge in [0.05, 0.1) is 37.6 Å². The third-order valence-corrected chi connectivity index (χ3v) is 24.7. The fourth-order valence-corrected chi connectivity index (χ4v) is 17.6. The van der Waals surface area contributed by atoms with Crippen LogP contribution < -0.4 is 16.0 Å². The molecule has 624 valence electrons. The van der Waals surface area contributed by atoms with Gasteiger partial charge in [0.15, 0.2) is 0 Å². The predicted octanol–water partition coefficient (Wildman–Crippen LogP) is 7.07. The highest BCUT2D eigenvalue weighted by molar-refractivity contribution is 5.99. The first kappa shape index (κ1) is 90.4. The van der Waals surface area contributed by atoms with Crippen molar-refractivity contribution < 1.29 is 97.7 Å². The van der Waals surface area contributed by atoms with Crippen molar-refractivity contribution in [1.82, 2.24) is 60.0 Å². The van der Waals surface area contributed by atoms with E-state index in [0.717, 1.165) is 14.7 Å². The SMILES string of the molecule is CCCC[C@H]1C(=O)N[C@@H]([C@@H](C)CC)C(=O)N(C)CC(=O)N(C)[C@H]2C/C=C\CCN(C2=O)[C@@H](CC2CCC(C(F)(F)F)CC2)C(=O)N(C)CC(=O)N[C@@H](CCC2CC(F)C(C(F)(F)F)C(F)C2)C(=O)N2C[C@H](OCC)C[C@H]2C(O)NC2(CCC2)C(=O)N(C)[C@@H](C2CCCC2)C(=O)N(C)[C@H](C(=O)N(C)CCC)CC(=O)N1C. The third kappa shape index (κ3) is 22.2. The van der Waals surface area contributed by atoms with E-state index < -0.39 is 230 Å². The molecule has 4 N–H and O–H groups in total. The number of hydrogen-bond acceptors (Lipinski definition) is 14. The van der Waals surface area contributed by atoms with E-state index in [2.05, 4.69) is 16.0 Å². The normalized spacial score (nSPS) is 32.3. The van der Waals surface area contributed by atoms with Gasteiger partial charge < -0.3 is 64.6 Å². The van der Waals surface area contributed by atoms with Gasteiger partial charge in [-0.1, -0.05) is 72.0 Å². The number of fused-ring (bicyclic) bond motifs is 3. The van der Waals surface area contributed by atoms with E-state index >= 15 is 37.5 Å². The van der Waals surface area contributed by atoms with Gasteiger partial charge in [-0.15, -0.1) is 0 Å². The number of nitrogens with zero attached hydrogens (tertiary/aromatic N) is 9. The van der Waals surface area contributed by atoms with Gasteiger partial charge in [-0.25, -0.2) is 8.78 Å². The molecule has 0 radical (unpaired) electrons. The van der Waals surface area contributed by atoms with E-state index in [4.69, 9.17) is 4.74 Å². The second-order valence-electron chi connectivity index (χ2n) is 32.3. The molecule has 7 aliphatic rings. The lowest BCUT2D eigenvalue weighted by Crippen LogP contribution is -2.69. The van der Waals surface area contributed by atoms with Crippen molar-refractivity contribution in [3.63, 3.8) is 0 Å². The smallest absolute Gasteiger partial charge is 0.377 e. The van der Waals surface area contributed by atoms with E-state index in [1.165, 1.54) is 78.7 Å². The summed E-state index contributed by atoms with van der Waals surface area (Å²) >= 11 is 0. The Balaban J connectivity index is 1.33. The van der Waals surface area contributed by atoms with E-state index in [0.29, 0.717) is 57.8 Å². The number of ether oxygens (including phenoxy) is 1. The summed E-state index contributed by atoms with van der Waals surface area (Å²) < 4.78 is 121. The highest BCUT2D eigenvalue weighted by Crippen LogP contribution is 2.46. The topological polar surface area (TPSA) is 282 Å². The molecule has 2 bridgehead atoms. The maximum atomic E-state index is 15.7. The quantitative estimate of drug-likeness (QED) is 0.0889. The standard InChI is InChI=1S/C77H122F8N12O13/c1-13-17-26-55-66(101)87-64(46(5)15-3)72(107)91(8)45-62(100)93(10)56-27-19-18-22-37-96(71(56)106)59(40-47-28-31-50(32-29-47)76(80,81)82)70(105)90(7)44-60(98)86-54(33-30-48-38-52(78)63(53(79)39-48)77(83,84)85)68(103)97-43-51(110-16-4)41-57(97)67(102)88-75(34-23-35-75)74(109)95(12)65(49-24-20-21-25-49)73(108)94(11)58(42-61(99)92(55)9)69(104)89(6)36-14-2/h18-19,46-59,63-65,67,88,102H,13-17,20-45H2,1-12H3,(H,86,98)(H,87,101)/b19-18-/t46-,47?,48?,50?,51+,52?,53?,54-,55-,56-,57-,58-,59-,63?,64-,65-,67?/m0/s1. The summed E-state index contributed by atoms with van der Waals surface area (Å²) in [6.07, 6.45) is -12.8. The summed E-state index contributed by atoms with van der Waals surface area (Å²) in [7, 11) is 9.67. The minimum atomic E-state index is -5.21. The van der Waals surface area contributed by atoms with Crippen LogP contribution in [0.4, 0.5) is 35.1 Å². The lowest BCUT2D eigenvalue weighted by atomic mass is 9.74. The number of rotatable bonds is 16. The zero-order valence-electron chi connectivity index (χ0n) is 66.4. The minimum Gasteiger partial charge on any atom is -0.377 e. The molecule has 0 aromatic rings. The summed E-state index contributed by atoms with van der Waals surface area (Å²) in [4.78, 5) is 178. The second kappa shape index (κ2) is 39.8. The van der Waals surface area contributed by atoms with Crippen LogP contribution in [0.2, 0.25) is 0 Å². The molecule has 4 aliphatic carbocycles. The molecule has 4 saturated carbocycles. The number of nitrogens with one attached hydrogen (secondary N) is 3. The highest BCUT2D eigenvalue weighted by atomic mass is 19.4. The van der Waals surface area contributed by atoms with Gasteiger partial charge in [0.2, 0.25) is 65.0 Å². The van der Waals surface area contributed by atoms with E-state index in [1.807, 2.05) is 13.8 Å². The Morgan fingerprint density at radius 2 is 1.31 bits per heavy atom. The first-order valence-corrected chi connectivity index (χ1v) is 39.9. The largest absolute Gasteiger partial charge is 0.397 e. The van der Waals surface area contributed by atoms with Gasteiger partial charge in [0, 0.05) is 75.6 Å². The number of halogens is 8. The van der Waals surface area contributed by atoms with Crippen molar-refractivity contribution in [3.05, 3.63) is 12.2 Å². The molecule has 6 fully saturated rings. The van der Waals surface area contributed by atoms with Crippen LogP contribution >= 0.6 is 0 Å². The van der Waals surface area contributed by atoms with Crippen molar-refractivity contribution in [2.75, 3.05) is 88.7 Å². The average molecular weight is 1580 g/mol. The molecule has 3 unspecified atom stereocenters. The molecule has 7 rings (SSSR count). The molecule has 33 heteroatoms. The number of aliphatic hydroxyl groups is 1. The van der Waals surface area contributed by atoms with Crippen LogP contribution in [0.1, 0.15) is 195 Å². The molecule has 11 amide bonds. The van der Waals surface area contributed by atoms with Crippen LogP contribution in [0.15, 0.2) is 12.2 Å². The monoisotopic (exact) mass is 1570 g/mol. The Kier molecular flexibility index (Phi) is 32.7. The van der Waals surface area contributed by atoms with Crippen LogP contribution in [-0.2, 0) is 57.5 Å². The molecule has 13 atom stereocenters. The molecule has 3 aliphatic heterocycles. The van der Waals surface area contributed by atoms with Crippen LogP contribution in [0, 0.1) is 35.5 Å². The van der Waals surface area contributed by atoms with Gasteiger partial charge in [-0.3, -0.25) is 58.1 Å². The zero-order chi connectivity index (χ0) is 81.6. The molecular formula is C77H122F8N12O13. The summed E-state index contributed by atoms with van der Waals surface area (Å²) in [5.74, 6) is -15.5. The van der Waals surface area contributed by atoms with Gasteiger partial charge in [0.1, 0.15) is 72.3 Å². The van der Waals surface area contributed by atoms with Gasteiger partial charge in [-0.2, -0.15) is 26.3 Å². The highest BCUT2D eigenvalue weighted by Gasteiger charge is 2.56. The molecule has 25 nitrogen and oxygen atoms in total. The van der Waals surface area contributed by atoms with Gasteiger partial charge in [0.25, 0.3) is 0 Å². The van der Waals surface area contributed by atoms with Crippen molar-refractivity contribution in [3.8, 4) is 0 Å². The van der Waals surface area contributed by atoms with Crippen molar-refractivity contribution in [1.29, 1.82) is 0 Å².